The summed E-state index contributed by atoms with van der Waals surface area (Å²) in [5.74, 6) is -14.1. The van der Waals surface area contributed by atoms with Gasteiger partial charge >= 0.3 is 5.97 Å². The Bertz CT molecular complexity index is 837. The summed E-state index contributed by atoms with van der Waals surface area (Å²) in [6.07, 6.45) is 2.97. The lowest BCUT2D eigenvalue weighted by Gasteiger charge is -2.09. The van der Waals surface area contributed by atoms with Crippen molar-refractivity contribution in [2.24, 2.45) is 0 Å². The van der Waals surface area contributed by atoms with Gasteiger partial charge in [-0.25, -0.2) is 13.2 Å². The first-order valence-corrected chi connectivity index (χ1v) is 14.2. The first kappa shape index (κ1) is 39.0. The van der Waals surface area contributed by atoms with Gasteiger partial charge < -0.3 is 42.6 Å². The van der Waals surface area contributed by atoms with Gasteiger partial charge in [0.15, 0.2) is 0 Å². The molecule has 0 amide bonds. The first-order chi connectivity index (χ1) is 20.9. The summed E-state index contributed by atoms with van der Waals surface area (Å²) >= 11 is 0. The van der Waals surface area contributed by atoms with E-state index in [1.807, 2.05) is 0 Å². The Morgan fingerprint density at radius 2 is 0.744 bits per heavy atom. The van der Waals surface area contributed by atoms with E-state index in [-0.39, 0.29) is 26.4 Å². The van der Waals surface area contributed by atoms with Crippen molar-refractivity contribution in [1.29, 1.82) is 0 Å². The second kappa shape index (κ2) is 26.4. The molecule has 0 saturated carbocycles. The number of hydrogen-bond acceptors (Lipinski definition) is 10. The van der Waals surface area contributed by atoms with Crippen LogP contribution in [-0.4, -0.2) is 112 Å². The van der Waals surface area contributed by atoms with Crippen molar-refractivity contribution >= 4 is 5.97 Å². The molecule has 0 aliphatic rings. The molecule has 15 heteroatoms. The molecule has 1 rings (SSSR count). The maximum atomic E-state index is 13.5. The second-order valence-electron chi connectivity index (χ2n) is 8.73. The Labute approximate surface area is 248 Å². The number of esters is 1. The summed E-state index contributed by atoms with van der Waals surface area (Å²) in [7, 11) is 0. The topological polar surface area (TPSA) is 100 Å². The SMILES string of the molecule is CCCCCOCCOCCOCCOCCOCCOCCOCCOCCC(=O)Oc1c(F)c(F)c(F)c(F)c1F. The zero-order valence-electron chi connectivity index (χ0n) is 24.6. The van der Waals surface area contributed by atoms with Crippen LogP contribution in [0.1, 0.15) is 32.6 Å². The summed E-state index contributed by atoms with van der Waals surface area (Å²) in [4.78, 5) is 11.6. The number of ether oxygens (including phenoxy) is 9. The van der Waals surface area contributed by atoms with Gasteiger partial charge in [-0.3, -0.25) is 4.79 Å². The average Bonchev–Trinajstić information content (AvgIpc) is 3.00. The predicted octanol–water partition coefficient (Wildman–Crippen LogP) is 4.00. The van der Waals surface area contributed by atoms with Crippen molar-refractivity contribution in [3.63, 3.8) is 0 Å². The smallest absolute Gasteiger partial charge is 0.313 e. The lowest BCUT2D eigenvalue weighted by molar-refractivity contribution is -0.136. The molecule has 0 saturated heterocycles. The van der Waals surface area contributed by atoms with Crippen LogP contribution >= 0.6 is 0 Å². The molecule has 250 valence electrons. The summed E-state index contributed by atoms with van der Waals surface area (Å²) < 4.78 is 113. The molecule has 0 aromatic heterocycles. The normalized spacial score (nSPS) is 11.4. The summed E-state index contributed by atoms with van der Waals surface area (Å²) in [5.41, 5.74) is 0. The van der Waals surface area contributed by atoms with Crippen LogP contribution in [0.3, 0.4) is 0 Å². The Morgan fingerprint density at radius 1 is 0.442 bits per heavy atom. The minimum Gasteiger partial charge on any atom is -0.420 e. The largest absolute Gasteiger partial charge is 0.420 e. The molecule has 0 N–H and O–H groups in total. The number of unbranched alkanes of at least 4 members (excludes halogenated alkanes) is 2. The predicted molar refractivity (Wildman–Crippen MR) is 143 cm³/mol. The Morgan fingerprint density at radius 3 is 1.09 bits per heavy atom. The Hall–Kier alpha value is -1.98. The average molecular weight is 635 g/mol. The maximum Gasteiger partial charge on any atom is 0.313 e. The van der Waals surface area contributed by atoms with Gasteiger partial charge in [0.1, 0.15) is 0 Å². The minimum absolute atomic E-state index is 0.0897. The van der Waals surface area contributed by atoms with Crippen molar-refractivity contribution in [2.75, 3.05) is 106 Å². The van der Waals surface area contributed by atoms with Crippen LogP contribution in [0.25, 0.3) is 0 Å². The standard InChI is InChI=1S/C28H43F5O10/c1-2-3-4-6-35-8-10-37-12-14-39-16-18-41-20-21-42-19-17-40-15-13-38-11-9-36-7-5-22(34)43-28-26(32)24(30)23(29)25(31)27(28)33/h2-21H2,1H3. The van der Waals surface area contributed by atoms with E-state index >= 15 is 0 Å². The Kier molecular flexibility index (Phi) is 24.0. The molecular weight excluding hydrogens is 591 g/mol. The fourth-order valence-electron chi connectivity index (χ4n) is 3.09. The molecule has 1 aromatic rings. The summed E-state index contributed by atoms with van der Waals surface area (Å²) in [6, 6.07) is 0. The number of rotatable bonds is 29. The minimum atomic E-state index is -2.34. The van der Waals surface area contributed by atoms with E-state index in [1.165, 1.54) is 12.8 Å². The number of hydrogen-bond donors (Lipinski definition) is 0. The van der Waals surface area contributed by atoms with E-state index in [9.17, 15) is 26.7 Å². The van der Waals surface area contributed by atoms with Crippen LogP contribution in [0, 0.1) is 29.1 Å². The highest BCUT2D eigenvalue weighted by Gasteiger charge is 2.28. The highest BCUT2D eigenvalue weighted by molar-refractivity contribution is 5.72. The Balaban J connectivity index is 1.80. The number of halogens is 5. The molecule has 43 heavy (non-hydrogen) atoms. The van der Waals surface area contributed by atoms with Crippen LogP contribution < -0.4 is 4.74 Å². The van der Waals surface area contributed by atoms with E-state index in [0.29, 0.717) is 72.7 Å². The van der Waals surface area contributed by atoms with Gasteiger partial charge in [-0.15, -0.1) is 0 Å². The quantitative estimate of drug-likeness (QED) is 0.0321. The number of carbonyl (C=O) groups excluding carboxylic acids is 1. The van der Waals surface area contributed by atoms with Crippen LogP contribution in [-0.2, 0) is 42.7 Å². The van der Waals surface area contributed by atoms with E-state index in [1.54, 1.807) is 0 Å². The van der Waals surface area contributed by atoms with Gasteiger partial charge in [0.05, 0.1) is 106 Å². The van der Waals surface area contributed by atoms with Crippen molar-refractivity contribution < 1.29 is 69.4 Å². The van der Waals surface area contributed by atoms with Gasteiger partial charge in [0.25, 0.3) is 0 Å². The molecule has 0 spiro atoms. The molecule has 0 unspecified atom stereocenters. The monoisotopic (exact) mass is 634 g/mol. The third-order valence-corrected chi connectivity index (χ3v) is 5.33. The molecule has 0 heterocycles. The number of benzene rings is 1. The fourth-order valence-corrected chi connectivity index (χ4v) is 3.09. The van der Waals surface area contributed by atoms with E-state index in [4.69, 9.17) is 37.9 Å². The molecule has 0 bridgehead atoms. The highest BCUT2D eigenvalue weighted by atomic mass is 19.2. The van der Waals surface area contributed by atoms with Gasteiger partial charge in [-0.05, 0) is 6.42 Å². The van der Waals surface area contributed by atoms with Crippen LogP contribution in [0.5, 0.6) is 5.75 Å². The second-order valence-corrected chi connectivity index (χ2v) is 8.73. The van der Waals surface area contributed by atoms with Gasteiger partial charge in [-0.2, -0.15) is 8.78 Å². The molecule has 0 radical (unpaired) electrons. The maximum absolute atomic E-state index is 13.5. The van der Waals surface area contributed by atoms with E-state index in [0.717, 1.165) is 13.0 Å². The first-order valence-electron chi connectivity index (χ1n) is 14.2. The van der Waals surface area contributed by atoms with Crippen LogP contribution in [0.4, 0.5) is 22.0 Å². The van der Waals surface area contributed by atoms with Gasteiger partial charge in [0.2, 0.25) is 34.8 Å². The zero-order valence-corrected chi connectivity index (χ0v) is 24.6. The molecule has 0 aliphatic carbocycles. The summed E-state index contributed by atoms with van der Waals surface area (Å²) in [5, 5.41) is 0. The fraction of sp³-hybridized carbons (Fsp3) is 0.750. The molecule has 10 nitrogen and oxygen atoms in total. The van der Waals surface area contributed by atoms with Crippen molar-refractivity contribution in [3.05, 3.63) is 29.1 Å². The third-order valence-electron chi connectivity index (χ3n) is 5.33. The molecule has 0 fully saturated rings. The van der Waals surface area contributed by atoms with Gasteiger partial charge in [0, 0.05) is 6.61 Å². The van der Waals surface area contributed by atoms with E-state index in [2.05, 4.69) is 11.7 Å². The van der Waals surface area contributed by atoms with Crippen molar-refractivity contribution in [1.82, 2.24) is 0 Å². The number of carbonyl (C=O) groups is 1. The van der Waals surface area contributed by atoms with Crippen LogP contribution in [0.15, 0.2) is 0 Å². The van der Waals surface area contributed by atoms with Crippen molar-refractivity contribution in [3.8, 4) is 5.75 Å². The lowest BCUT2D eigenvalue weighted by Crippen LogP contribution is -2.16. The summed E-state index contributed by atoms with van der Waals surface area (Å²) in [6.45, 7) is 8.34. The highest BCUT2D eigenvalue weighted by Crippen LogP contribution is 2.29. The van der Waals surface area contributed by atoms with Gasteiger partial charge in [-0.1, -0.05) is 19.8 Å². The van der Waals surface area contributed by atoms with E-state index < -0.39 is 47.2 Å². The van der Waals surface area contributed by atoms with Crippen molar-refractivity contribution in [2.45, 2.75) is 32.6 Å². The van der Waals surface area contributed by atoms with Crippen LogP contribution in [0.2, 0.25) is 0 Å². The molecule has 1 aromatic carbocycles. The lowest BCUT2D eigenvalue weighted by atomic mass is 10.2. The molecular formula is C28H43F5O10. The third kappa shape index (κ3) is 19.1. The molecule has 0 aliphatic heterocycles. The molecule has 0 atom stereocenters. The zero-order chi connectivity index (χ0) is 31.5.